The Balaban J connectivity index is 1.62. The number of benzene rings is 1. The van der Waals surface area contributed by atoms with Crippen molar-refractivity contribution in [3.8, 4) is 11.3 Å². The first-order valence-electron chi connectivity index (χ1n) is 9.28. The van der Waals surface area contributed by atoms with Crippen LogP contribution in [0.5, 0.6) is 0 Å². The fourth-order valence-corrected chi connectivity index (χ4v) is 3.42. The van der Waals surface area contributed by atoms with Crippen LogP contribution in [0.25, 0.3) is 11.3 Å². The van der Waals surface area contributed by atoms with E-state index < -0.39 is 12.5 Å². The minimum absolute atomic E-state index is 0.302. The third-order valence-electron chi connectivity index (χ3n) is 4.67. The molecule has 1 fully saturated rings. The van der Waals surface area contributed by atoms with Gasteiger partial charge in [0.2, 0.25) is 0 Å². The monoisotopic (exact) mass is 384 g/mol. The van der Waals surface area contributed by atoms with Crippen LogP contribution in [0.3, 0.4) is 0 Å². The predicted octanol–water partition coefficient (Wildman–Crippen LogP) is 3.46. The lowest BCUT2D eigenvalue weighted by Gasteiger charge is -2.22. The summed E-state index contributed by atoms with van der Waals surface area (Å²) in [7, 11) is 0. The molecule has 0 saturated carbocycles. The molecule has 146 valence electrons. The molecule has 1 aliphatic heterocycles. The van der Waals surface area contributed by atoms with E-state index in [1.54, 1.807) is 17.3 Å². The number of ether oxygens (including phenoxy) is 1. The van der Waals surface area contributed by atoms with Gasteiger partial charge in [-0.05, 0) is 17.7 Å². The lowest BCUT2D eigenvalue weighted by Crippen LogP contribution is -2.37. The molecular formula is C21H22F2N4O. The van der Waals surface area contributed by atoms with Crippen LogP contribution in [0, 0.1) is 0 Å². The van der Waals surface area contributed by atoms with Crippen LogP contribution in [0.1, 0.15) is 11.1 Å². The predicted molar refractivity (Wildman–Crippen MR) is 102 cm³/mol. The first kappa shape index (κ1) is 18.7. The lowest BCUT2D eigenvalue weighted by molar-refractivity contribution is -0.0689. The van der Waals surface area contributed by atoms with Gasteiger partial charge in [0.15, 0.2) is 0 Å². The zero-order valence-electron chi connectivity index (χ0n) is 15.5. The second-order valence-electron chi connectivity index (χ2n) is 7.05. The molecule has 0 aliphatic carbocycles. The lowest BCUT2D eigenvalue weighted by atomic mass is 10.1. The van der Waals surface area contributed by atoms with E-state index in [0.717, 1.165) is 22.4 Å². The van der Waals surface area contributed by atoms with Crippen molar-refractivity contribution < 1.29 is 13.5 Å². The highest BCUT2D eigenvalue weighted by atomic mass is 19.3. The van der Waals surface area contributed by atoms with E-state index in [0.29, 0.717) is 26.2 Å². The maximum absolute atomic E-state index is 13.9. The van der Waals surface area contributed by atoms with E-state index in [9.17, 15) is 8.78 Å². The Kier molecular flexibility index (Phi) is 5.45. The van der Waals surface area contributed by atoms with Gasteiger partial charge >= 0.3 is 0 Å². The molecule has 3 heterocycles. The topological polar surface area (TPSA) is 43.2 Å². The molecule has 0 amide bonds. The Bertz CT molecular complexity index is 899. The van der Waals surface area contributed by atoms with Crippen molar-refractivity contribution >= 4 is 0 Å². The summed E-state index contributed by atoms with van der Waals surface area (Å²) in [5.74, 6) is -2.84. The molecular weight excluding hydrogens is 362 g/mol. The summed E-state index contributed by atoms with van der Waals surface area (Å²) in [5.41, 5.74) is 3.69. The fraction of sp³-hybridized carbons (Fsp3) is 0.333. The first-order chi connectivity index (χ1) is 13.6. The van der Waals surface area contributed by atoms with Gasteiger partial charge in [0.25, 0.3) is 5.92 Å². The number of hydrogen-bond acceptors (Lipinski definition) is 4. The SMILES string of the molecule is FC1(F)COCCN(Cc2cn(Cc3ccccc3)nc2-c2cccnc2)C1. The van der Waals surface area contributed by atoms with Gasteiger partial charge in [-0.1, -0.05) is 30.3 Å². The van der Waals surface area contributed by atoms with E-state index in [1.165, 1.54) is 0 Å². The van der Waals surface area contributed by atoms with E-state index in [1.807, 2.05) is 53.3 Å². The van der Waals surface area contributed by atoms with E-state index in [-0.39, 0.29) is 6.54 Å². The van der Waals surface area contributed by atoms with Crippen molar-refractivity contribution in [1.82, 2.24) is 19.7 Å². The molecule has 0 atom stereocenters. The number of alkyl halides is 2. The third kappa shape index (κ3) is 4.61. The van der Waals surface area contributed by atoms with Crippen LogP contribution in [-0.4, -0.2) is 51.9 Å². The Morgan fingerprint density at radius 2 is 1.93 bits per heavy atom. The second-order valence-corrected chi connectivity index (χ2v) is 7.05. The molecule has 0 spiro atoms. The van der Waals surface area contributed by atoms with Crippen LogP contribution in [0.2, 0.25) is 0 Å². The third-order valence-corrected chi connectivity index (χ3v) is 4.67. The minimum atomic E-state index is -2.84. The summed E-state index contributed by atoms with van der Waals surface area (Å²) < 4.78 is 34.8. The molecule has 1 aromatic carbocycles. The fourth-order valence-electron chi connectivity index (χ4n) is 3.42. The second kappa shape index (κ2) is 8.16. The van der Waals surface area contributed by atoms with Crippen molar-refractivity contribution in [2.75, 3.05) is 26.3 Å². The van der Waals surface area contributed by atoms with Crippen molar-refractivity contribution in [3.63, 3.8) is 0 Å². The Morgan fingerprint density at radius 3 is 2.71 bits per heavy atom. The van der Waals surface area contributed by atoms with Crippen molar-refractivity contribution in [1.29, 1.82) is 0 Å². The van der Waals surface area contributed by atoms with Gasteiger partial charge in [0.1, 0.15) is 6.61 Å². The van der Waals surface area contributed by atoms with Crippen molar-refractivity contribution in [2.45, 2.75) is 19.0 Å². The maximum Gasteiger partial charge on any atom is 0.283 e. The van der Waals surface area contributed by atoms with Gasteiger partial charge in [0, 0.05) is 42.8 Å². The van der Waals surface area contributed by atoms with Gasteiger partial charge in [-0.2, -0.15) is 5.10 Å². The Hall–Kier alpha value is -2.64. The maximum atomic E-state index is 13.9. The van der Waals surface area contributed by atoms with E-state index in [2.05, 4.69) is 4.98 Å². The largest absolute Gasteiger partial charge is 0.374 e. The number of nitrogens with zero attached hydrogens (tertiary/aromatic N) is 4. The van der Waals surface area contributed by atoms with Gasteiger partial charge in [-0.15, -0.1) is 0 Å². The first-order valence-corrected chi connectivity index (χ1v) is 9.28. The summed E-state index contributed by atoms with van der Waals surface area (Å²) in [6, 6.07) is 13.8. The summed E-state index contributed by atoms with van der Waals surface area (Å²) in [4.78, 5) is 5.91. The van der Waals surface area contributed by atoms with Crippen LogP contribution in [0.4, 0.5) is 8.78 Å². The molecule has 0 bridgehead atoms. The van der Waals surface area contributed by atoms with E-state index in [4.69, 9.17) is 9.84 Å². The Labute approximate surface area is 162 Å². The summed E-state index contributed by atoms with van der Waals surface area (Å²) in [5, 5.41) is 4.73. The number of rotatable bonds is 5. The normalized spacial score (nSPS) is 17.4. The van der Waals surface area contributed by atoms with Crippen molar-refractivity contribution in [2.24, 2.45) is 0 Å². The highest BCUT2D eigenvalue weighted by molar-refractivity contribution is 5.61. The van der Waals surface area contributed by atoms with Gasteiger partial charge < -0.3 is 4.74 Å². The average molecular weight is 384 g/mol. The summed E-state index contributed by atoms with van der Waals surface area (Å²) in [6.07, 6.45) is 5.40. The number of pyridine rings is 1. The highest BCUT2D eigenvalue weighted by Gasteiger charge is 2.34. The van der Waals surface area contributed by atoms with Crippen LogP contribution in [0.15, 0.2) is 61.1 Å². The molecule has 0 radical (unpaired) electrons. The molecule has 0 unspecified atom stereocenters. The zero-order valence-corrected chi connectivity index (χ0v) is 15.5. The van der Waals surface area contributed by atoms with Crippen molar-refractivity contribution in [3.05, 3.63) is 72.2 Å². The molecule has 7 heteroatoms. The zero-order chi connectivity index (χ0) is 19.4. The molecule has 0 N–H and O–H groups in total. The van der Waals surface area contributed by atoms with Crippen LogP contribution >= 0.6 is 0 Å². The van der Waals surface area contributed by atoms with Crippen LogP contribution in [-0.2, 0) is 17.8 Å². The molecule has 2 aromatic heterocycles. The smallest absolute Gasteiger partial charge is 0.283 e. The van der Waals surface area contributed by atoms with Gasteiger partial charge in [-0.3, -0.25) is 14.6 Å². The summed E-state index contributed by atoms with van der Waals surface area (Å²) in [6.45, 7) is 0.933. The van der Waals surface area contributed by atoms with E-state index >= 15 is 0 Å². The number of aromatic nitrogens is 3. The summed E-state index contributed by atoms with van der Waals surface area (Å²) >= 11 is 0. The van der Waals surface area contributed by atoms with Gasteiger partial charge in [-0.25, -0.2) is 8.78 Å². The average Bonchev–Trinajstić information content (AvgIpc) is 2.99. The molecule has 1 aliphatic rings. The quantitative estimate of drug-likeness (QED) is 0.676. The molecule has 1 saturated heterocycles. The molecule has 28 heavy (non-hydrogen) atoms. The standard InChI is InChI=1S/C21H22F2N4O/c22-21(23)15-26(9-10-28-16-21)13-19-14-27(12-17-5-2-1-3-6-17)25-20(19)18-7-4-8-24-11-18/h1-8,11,14H,9-10,12-13,15-16H2. The molecule has 4 rings (SSSR count). The van der Waals surface area contributed by atoms with Gasteiger partial charge in [0.05, 0.1) is 25.4 Å². The molecule has 5 nitrogen and oxygen atoms in total. The van der Waals surface area contributed by atoms with Crippen LogP contribution < -0.4 is 0 Å². The minimum Gasteiger partial charge on any atom is -0.374 e. The Morgan fingerprint density at radius 1 is 1.07 bits per heavy atom. The number of hydrogen-bond donors (Lipinski definition) is 0. The number of halogens is 2. The highest BCUT2D eigenvalue weighted by Crippen LogP contribution is 2.25. The molecule has 3 aromatic rings.